The monoisotopic (exact) mass is 374 g/mol. The molecule has 1 aliphatic heterocycles. The first-order valence-corrected chi connectivity index (χ1v) is 8.88. The molecule has 146 valence electrons. The van der Waals surface area contributed by atoms with Crippen LogP contribution in [0.1, 0.15) is 61.0 Å². The van der Waals surface area contributed by atoms with Gasteiger partial charge in [0.15, 0.2) is 0 Å². The summed E-state index contributed by atoms with van der Waals surface area (Å²) in [5.74, 6) is -0.114. The van der Waals surface area contributed by atoms with Crippen molar-refractivity contribution in [1.29, 1.82) is 5.26 Å². The standard InChI is InChI=1S/C20H26N2O5/c1-20(2,3)27-19(24)22-8-6-13(7-9-22)14-10-15(12-21)17(18(23)26-5)16(11-14)25-4/h10-11,13H,6-9H2,1-5H3. The molecule has 0 unspecified atom stereocenters. The zero-order chi connectivity index (χ0) is 20.2. The fourth-order valence-electron chi connectivity index (χ4n) is 3.16. The third-order valence-corrected chi connectivity index (χ3v) is 4.47. The fraction of sp³-hybridized carbons (Fsp3) is 0.550. The van der Waals surface area contributed by atoms with E-state index in [-0.39, 0.29) is 23.1 Å². The number of amides is 1. The lowest BCUT2D eigenvalue weighted by Crippen LogP contribution is -2.41. The van der Waals surface area contributed by atoms with Crippen LogP contribution in [0.3, 0.4) is 0 Å². The van der Waals surface area contributed by atoms with Gasteiger partial charge in [-0.2, -0.15) is 5.26 Å². The van der Waals surface area contributed by atoms with Gasteiger partial charge in [-0.3, -0.25) is 0 Å². The third-order valence-electron chi connectivity index (χ3n) is 4.47. The zero-order valence-corrected chi connectivity index (χ0v) is 16.5. The summed E-state index contributed by atoms with van der Waals surface area (Å²) in [4.78, 5) is 25.9. The number of esters is 1. The maximum absolute atomic E-state index is 12.2. The van der Waals surface area contributed by atoms with E-state index in [1.807, 2.05) is 20.8 Å². The van der Waals surface area contributed by atoms with Crippen molar-refractivity contribution < 1.29 is 23.8 Å². The molecule has 0 spiro atoms. The van der Waals surface area contributed by atoms with E-state index in [9.17, 15) is 14.9 Å². The Balaban J connectivity index is 2.18. The second kappa shape index (κ2) is 8.30. The van der Waals surface area contributed by atoms with Gasteiger partial charge in [0, 0.05) is 13.1 Å². The summed E-state index contributed by atoms with van der Waals surface area (Å²) < 4.78 is 15.5. The van der Waals surface area contributed by atoms with E-state index in [4.69, 9.17) is 14.2 Å². The first-order valence-electron chi connectivity index (χ1n) is 8.88. The molecule has 2 rings (SSSR count). The lowest BCUT2D eigenvalue weighted by Gasteiger charge is -2.33. The molecule has 1 fully saturated rings. The van der Waals surface area contributed by atoms with Gasteiger partial charge in [-0.15, -0.1) is 0 Å². The Hall–Kier alpha value is -2.75. The van der Waals surface area contributed by atoms with Crippen molar-refractivity contribution in [2.24, 2.45) is 0 Å². The van der Waals surface area contributed by atoms with Gasteiger partial charge in [0.25, 0.3) is 0 Å². The summed E-state index contributed by atoms with van der Waals surface area (Å²) in [6, 6.07) is 5.54. The Kier molecular flexibility index (Phi) is 6.32. The predicted octanol–water partition coefficient (Wildman–Crippen LogP) is 3.47. The molecule has 0 saturated carbocycles. The maximum atomic E-state index is 12.2. The van der Waals surface area contributed by atoms with E-state index < -0.39 is 11.6 Å². The molecule has 7 nitrogen and oxygen atoms in total. The lowest BCUT2D eigenvalue weighted by molar-refractivity contribution is 0.0204. The number of benzene rings is 1. The summed E-state index contributed by atoms with van der Waals surface area (Å²) in [5, 5.41) is 9.45. The highest BCUT2D eigenvalue weighted by Crippen LogP contribution is 2.34. The molecule has 0 radical (unpaired) electrons. The summed E-state index contributed by atoms with van der Waals surface area (Å²) >= 11 is 0. The largest absolute Gasteiger partial charge is 0.496 e. The molecule has 0 N–H and O–H groups in total. The molecule has 0 aromatic heterocycles. The average Bonchev–Trinajstić information content (AvgIpc) is 2.64. The van der Waals surface area contributed by atoms with Crippen LogP contribution in [-0.2, 0) is 9.47 Å². The zero-order valence-electron chi connectivity index (χ0n) is 16.5. The minimum Gasteiger partial charge on any atom is -0.496 e. The van der Waals surface area contributed by atoms with Crippen molar-refractivity contribution in [3.8, 4) is 11.8 Å². The molecule has 1 aromatic carbocycles. The van der Waals surface area contributed by atoms with E-state index in [1.165, 1.54) is 14.2 Å². The van der Waals surface area contributed by atoms with Crippen LogP contribution in [0.5, 0.6) is 5.75 Å². The van der Waals surface area contributed by atoms with Crippen LogP contribution in [0.4, 0.5) is 4.79 Å². The fourth-order valence-corrected chi connectivity index (χ4v) is 3.16. The number of nitriles is 1. The summed E-state index contributed by atoms with van der Waals surface area (Å²) in [6.07, 6.45) is 1.17. The maximum Gasteiger partial charge on any atom is 0.410 e. The number of piperidine rings is 1. The SMILES string of the molecule is COC(=O)c1c(C#N)cc(C2CCN(C(=O)OC(C)(C)C)CC2)cc1OC. The molecule has 1 aromatic rings. The highest BCUT2D eigenvalue weighted by atomic mass is 16.6. The van der Waals surface area contributed by atoms with E-state index >= 15 is 0 Å². The van der Waals surface area contributed by atoms with E-state index in [0.29, 0.717) is 18.8 Å². The van der Waals surface area contributed by atoms with E-state index in [0.717, 1.165) is 18.4 Å². The molecule has 1 aliphatic rings. The topological polar surface area (TPSA) is 88.9 Å². The van der Waals surface area contributed by atoms with Crippen LogP contribution in [0.15, 0.2) is 12.1 Å². The van der Waals surface area contributed by atoms with Gasteiger partial charge in [0.1, 0.15) is 23.0 Å². The Morgan fingerprint density at radius 2 is 1.81 bits per heavy atom. The summed E-state index contributed by atoms with van der Waals surface area (Å²) in [6.45, 7) is 6.67. The quantitative estimate of drug-likeness (QED) is 0.753. The van der Waals surface area contributed by atoms with Gasteiger partial charge in [-0.25, -0.2) is 9.59 Å². The Bertz CT molecular complexity index is 753. The Morgan fingerprint density at radius 3 is 2.30 bits per heavy atom. The normalized spacial score (nSPS) is 15.0. The minimum absolute atomic E-state index is 0.137. The van der Waals surface area contributed by atoms with E-state index in [2.05, 4.69) is 6.07 Å². The molecular formula is C20H26N2O5. The van der Waals surface area contributed by atoms with Gasteiger partial charge in [0.2, 0.25) is 0 Å². The van der Waals surface area contributed by atoms with Crippen LogP contribution < -0.4 is 4.74 Å². The highest BCUT2D eigenvalue weighted by molar-refractivity contribution is 5.95. The number of nitrogens with zero attached hydrogens (tertiary/aromatic N) is 2. The number of likely N-dealkylation sites (tertiary alicyclic amines) is 1. The van der Waals surface area contributed by atoms with Crippen LogP contribution in [0.25, 0.3) is 0 Å². The first kappa shape index (κ1) is 20.6. The number of carbonyl (C=O) groups excluding carboxylic acids is 2. The van der Waals surface area contributed by atoms with E-state index in [1.54, 1.807) is 17.0 Å². The first-order chi connectivity index (χ1) is 12.7. The molecule has 7 heteroatoms. The van der Waals surface area contributed by atoms with Crippen LogP contribution in [0.2, 0.25) is 0 Å². The minimum atomic E-state index is -0.602. The van der Waals surface area contributed by atoms with Crippen LogP contribution in [-0.4, -0.2) is 49.9 Å². The molecule has 1 amide bonds. The van der Waals surface area contributed by atoms with Gasteiger partial charge in [-0.1, -0.05) is 0 Å². The summed E-state index contributed by atoms with van der Waals surface area (Å²) in [5.41, 5.74) is 0.760. The molecule has 0 bridgehead atoms. The Labute approximate surface area is 159 Å². The van der Waals surface area contributed by atoms with Gasteiger partial charge >= 0.3 is 12.1 Å². The second-order valence-corrected chi connectivity index (χ2v) is 7.49. The molecule has 0 atom stereocenters. The molecular weight excluding hydrogens is 348 g/mol. The van der Waals surface area contributed by atoms with Crippen molar-refractivity contribution in [2.45, 2.75) is 45.1 Å². The molecule has 1 saturated heterocycles. The second-order valence-electron chi connectivity index (χ2n) is 7.49. The number of methoxy groups -OCH3 is 2. The van der Waals surface area contributed by atoms with Crippen molar-refractivity contribution in [2.75, 3.05) is 27.3 Å². The van der Waals surface area contributed by atoms with Crippen LogP contribution in [0, 0.1) is 11.3 Å². The number of hydrogen-bond donors (Lipinski definition) is 0. The van der Waals surface area contributed by atoms with Crippen molar-refractivity contribution in [3.63, 3.8) is 0 Å². The van der Waals surface area contributed by atoms with Gasteiger partial charge in [-0.05, 0) is 57.2 Å². The van der Waals surface area contributed by atoms with Gasteiger partial charge in [0.05, 0.1) is 19.8 Å². The predicted molar refractivity (Wildman–Crippen MR) is 98.8 cm³/mol. The van der Waals surface area contributed by atoms with Crippen molar-refractivity contribution in [1.82, 2.24) is 4.90 Å². The van der Waals surface area contributed by atoms with Gasteiger partial charge < -0.3 is 19.1 Å². The third kappa shape index (κ3) is 4.91. The summed E-state index contributed by atoms with van der Waals surface area (Å²) in [7, 11) is 2.72. The number of ether oxygens (including phenoxy) is 3. The average molecular weight is 374 g/mol. The molecule has 27 heavy (non-hydrogen) atoms. The lowest BCUT2D eigenvalue weighted by atomic mass is 9.87. The highest BCUT2D eigenvalue weighted by Gasteiger charge is 2.29. The smallest absolute Gasteiger partial charge is 0.410 e. The molecule has 1 heterocycles. The van der Waals surface area contributed by atoms with Crippen molar-refractivity contribution >= 4 is 12.1 Å². The number of hydrogen-bond acceptors (Lipinski definition) is 6. The number of rotatable bonds is 3. The van der Waals surface area contributed by atoms with Crippen LogP contribution >= 0.6 is 0 Å². The Morgan fingerprint density at radius 1 is 1.19 bits per heavy atom. The molecule has 0 aliphatic carbocycles. The number of carbonyl (C=O) groups is 2. The van der Waals surface area contributed by atoms with Crippen molar-refractivity contribution in [3.05, 3.63) is 28.8 Å².